The van der Waals surface area contributed by atoms with E-state index >= 15 is 0 Å². The van der Waals surface area contributed by atoms with Gasteiger partial charge in [0.2, 0.25) is 0 Å². The molecular formula is C43H53N8O25P. The largest absolute Gasteiger partial charge is 0.472 e. The molecule has 4 fully saturated rings. The Hall–Kier alpha value is -6.13. The maximum atomic E-state index is 13.0. The number of nitrogens with one attached hydrogen (secondary N) is 4. The molecule has 0 saturated carbocycles. The van der Waals surface area contributed by atoms with Crippen LogP contribution in [0.5, 0.6) is 0 Å². The molecule has 77 heavy (non-hydrogen) atoms. The summed E-state index contributed by atoms with van der Waals surface area (Å²) >= 11 is 0. The van der Waals surface area contributed by atoms with Crippen LogP contribution in [0.15, 0.2) is 87.4 Å². The normalized spacial score (nSPS) is 31.9. The maximum absolute atomic E-state index is 13.0. The monoisotopic (exact) mass is 1110 g/mol. The molecule has 0 spiro atoms. The molecule has 0 bridgehead atoms. The van der Waals surface area contributed by atoms with Crippen LogP contribution in [0, 0.1) is 12.3 Å². The summed E-state index contributed by atoms with van der Waals surface area (Å²) in [6.07, 6.45) is -16.1. The van der Waals surface area contributed by atoms with Crippen molar-refractivity contribution >= 4 is 7.82 Å². The molecule has 0 radical (unpaired) electrons. The third-order valence-electron chi connectivity index (χ3n) is 12.7. The summed E-state index contributed by atoms with van der Waals surface area (Å²) in [5, 5.41) is 57.0. The Morgan fingerprint density at radius 1 is 0.494 bits per heavy atom. The lowest BCUT2D eigenvalue weighted by Gasteiger charge is -2.27. The predicted molar refractivity (Wildman–Crippen MR) is 251 cm³/mol. The van der Waals surface area contributed by atoms with Crippen molar-refractivity contribution in [3.63, 3.8) is 0 Å². The number of aliphatic hydroxyl groups is 5. The van der Waals surface area contributed by atoms with Crippen molar-refractivity contribution < 1.29 is 81.9 Å². The van der Waals surface area contributed by atoms with E-state index in [1.54, 1.807) is 0 Å². The Balaban J connectivity index is 1.03. The van der Waals surface area contributed by atoms with Crippen LogP contribution in [0.3, 0.4) is 0 Å². The molecule has 1 unspecified atom stereocenters. The predicted octanol–water partition coefficient (Wildman–Crippen LogP) is -6.70. The van der Waals surface area contributed by atoms with E-state index in [1.165, 1.54) is 0 Å². The van der Waals surface area contributed by atoms with Crippen LogP contribution in [0.1, 0.15) is 37.8 Å². The number of nitrogens with zero attached hydrogens (tertiary/aromatic N) is 4. The Morgan fingerprint density at radius 3 is 1.21 bits per heavy atom. The number of hydrogen-bond acceptors (Lipinski definition) is 24. The number of aliphatic hydroxyl groups excluding tert-OH is 5. The van der Waals surface area contributed by atoms with Crippen LogP contribution >= 0.6 is 7.82 Å². The van der Waals surface area contributed by atoms with Gasteiger partial charge in [-0.3, -0.25) is 66.4 Å². The third kappa shape index (κ3) is 13.1. The van der Waals surface area contributed by atoms with Crippen LogP contribution in [-0.4, -0.2) is 188 Å². The van der Waals surface area contributed by atoms with Gasteiger partial charge in [-0.25, -0.2) is 23.7 Å². The Morgan fingerprint density at radius 2 is 0.831 bits per heavy atom. The van der Waals surface area contributed by atoms with Crippen molar-refractivity contribution in [3.05, 3.63) is 132 Å². The SMILES string of the molecule is C#CCOCCCCOP(=O)(O)OC[C@H]1O[C@@H](n2ccc(=O)[nH]c2=O)[C@H](O)[C@@H]1OC[C@H]1O[C@@H](n2ccc(=O)[nH]c2=O)[C@H](O)[C@@H]1OC[C@H]1O[C@@H](n2ccc(=O)[nH]c2=O)[C@H](O)[C@@H]1OC[C@H]1O[C@@H](n2ccc(=O)[nH]c2=O)[C@H](O)[C@@H]1O. The second-order valence-corrected chi connectivity index (χ2v) is 19.2. The van der Waals surface area contributed by atoms with Gasteiger partial charge in [-0.1, -0.05) is 5.92 Å². The fourth-order valence-corrected chi connectivity index (χ4v) is 9.69. The summed E-state index contributed by atoms with van der Waals surface area (Å²) in [6.45, 7) is -2.81. The number of hydrogen-bond donors (Lipinski definition) is 10. The number of unbranched alkanes of at least 4 members (excludes halogenated alkanes) is 1. The zero-order chi connectivity index (χ0) is 55.3. The molecule has 0 aromatic carbocycles. The number of aromatic amines is 4. The maximum Gasteiger partial charge on any atom is 0.472 e. The van der Waals surface area contributed by atoms with Gasteiger partial charge in [0.1, 0.15) is 79.9 Å². The van der Waals surface area contributed by atoms with Gasteiger partial charge in [0, 0.05) is 55.7 Å². The molecule has 420 valence electrons. The topological polar surface area (TPSA) is 450 Å². The molecule has 4 saturated heterocycles. The molecule has 10 N–H and O–H groups in total. The molecule has 4 aliphatic heterocycles. The molecule has 4 aromatic heterocycles. The van der Waals surface area contributed by atoms with Crippen LogP contribution in [0.25, 0.3) is 0 Å². The van der Waals surface area contributed by atoms with E-state index in [1.807, 2.05) is 19.9 Å². The van der Waals surface area contributed by atoms with E-state index in [0.29, 0.717) is 6.42 Å². The van der Waals surface area contributed by atoms with E-state index < -0.39 is 177 Å². The molecule has 0 aliphatic carbocycles. The number of phosphoric ester groups is 1. The fraction of sp³-hybridized carbons (Fsp3) is 0.581. The lowest BCUT2D eigenvalue weighted by molar-refractivity contribution is -0.141. The average Bonchev–Trinajstić information content (AvgIpc) is 4.12. The number of aromatic nitrogens is 8. The highest BCUT2D eigenvalue weighted by atomic mass is 31.2. The summed E-state index contributed by atoms with van der Waals surface area (Å²) < 4.78 is 73.8. The first-order chi connectivity index (χ1) is 36.7. The molecule has 34 heteroatoms. The highest BCUT2D eigenvalue weighted by Crippen LogP contribution is 2.45. The molecule has 4 aromatic rings. The molecule has 17 atom stereocenters. The minimum absolute atomic E-state index is 0.0677. The van der Waals surface area contributed by atoms with Crippen molar-refractivity contribution in [2.24, 2.45) is 0 Å². The summed E-state index contributed by atoms with van der Waals surface area (Å²) in [4.78, 5) is 118. The van der Waals surface area contributed by atoms with Crippen LogP contribution in [-0.2, 0) is 51.5 Å². The molecule has 0 amide bonds. The molecule has 8 heterocycles. The first-order valence-corrected chi connectivity index (χ1v) is 25.0. The number of terminal acetylenes is 1. The van der Waals surface area contributed by atoms with Gasteiger partial charge in [0.25, 0.3) is 22.2 Å². The standard InChI is InChI=1S/C43H53N8O25P/c1-2-13-67-14-3-4-15-71-77(65,66)72-19-23-35(32(60)39(76-23)51-12-8-27(55)47-43(51)64)70-18-22-34(31(59)38(75-22)50-11-7-26(54)46-42(50)63)69-17-21-33(30(58)37(74-21)49-10-6-25(53)45-41(49)62)68-16-20-28(56)29(57)36(73-20)48-9-5-24(52)44-40(48)61/h1,5-12,20-23,28-39,56-60H,3-4,13-19H2,(H,65,66)(H,44,52,61)(H,45,53,62)(H,46,54,63)(H,47,55,64)/t20-,21-,22-,23-,28-,29-,30-,31-,32-,33-,34-,35-,36-,37-,38-,39-/m1/s1. The van der Waals surface area contributed by atoms with E-state index in [2.05, 4.69) is 5.92 Å². The van der Waals surface area contributed by atoms with Gasteiger partial charge in [-0.05, 0) is 12.8 Å². The minimum Gasteiger partial charge on any atom is -0.387 e. The first kappa shape index (κ1) is 57.1. The lowest BCUT2D eigenvalue weighted by atomic mass is 10.1. The Labute approximate surface area is 429 Å². The van der Waals surface area contributed by atoms with Crippen molar-refractivity contribution in [1.82, 2.24) is 38.2 Å². The van der Waals surface area contributed by atoms with Gasteiger partial charge >= 0.3 is 30.6 Å². The quantitative estimate of drug-likeness (QED) is 0.0187. The number of H-pyrrole nitrogens is 4. The van der Waals surface area contributed by atoms with Gasteiger partial charge in [0.05, 0.1) is 33.0 Å². The summed E-state index contributed by atoms with van der Waals surface area (Å²) in [6, 6.07) is 3.83. The van der Waals surface area contributed by atoms with Gasteiger partial charge in [0.15, 0.2) is 24.9 Å². The van der Waals surface area contributed by atoms with Crippen molar-refractivity contribution in [2.75, 3.05) is 46.2 Å². The smallest absolute Gasteiger partial charge is 0.387 e. The van der Waals surface area contributed by atoms with E-state index in [9.17, 15) is 73.3 Å². The van der Waals surface area contributed by atoms with E-state index in [0.717, 1.165) is 67.3 Å². The second kappa shape index (κ2) is 24.7. The van der Waals surface area contributed by atoms with Gasteiger partial charge < -0.3 is 68.3 Å². The zero-order valence-corrected chi connectivity index (χ0v) is 40.9. The van der Waals surface area contributed by atoms with Crippen LogP contribution in [0.2, 0.25) is 0 Å². The molecule has 33 nitrogen and oxygen atoms in total. The highest BCUT2D eigenvalue weighted by Gasteiger charge is 2.53. The molecule has 4 aliphatic rings. The third-order valence-corrected chi connectivity index (χ3v) is 13.6. The highest BCUT2D eigenvalue weighted by molar-refractivity contribution is 7.47. The first-order valence-electron chi connectivity index (χ1n) is 23.5. The van der Waals surface area contributed by atoms with E-state index in [4.69, 9.17) is 53.4 Å². The summed E-state index contributed by atoms with van der Waals surface area (Å²) in [5.74, 6) is 2.30. The average molecular weight is 1110 g/mol. The summed E-state index contributed by atoms with van der Waals surface area (Å²) in [5.41, 5.74) is -7.22. The zero-order valence-electron chi connectivity index (χ0n) is 40.0. The Kier molecular flexibility index (Phi) is 18.3. The van der Waals surface area contributed by atoms with Crippen molar-refractivity contribution in [3.8, 4) is 12.3 Å². The number of rotatable bonds is 23. The summed E-state index contributed by atoms with van der Waals surface area (Å²) in [7, 11) is -4.83. The van der Waals surface area contributed by atoms with Crippen LogP contribution in [0.4, 0.5) is 0 Å². The molecular weight excluding hydrogens is 1060 g/mol. The molecule has 8 rings (SSSR count). The number of ether oxygens (including phenoxy) is 8. The lowest BCUT2D eigenvalue weighted by Crippen LogP contribution is -2.45. The number of phosphoric acid groups is 1. The van der Waals surface area contributed by atoms with Gasteiger partial charge in [-0.2, -0.15) is 0 Å². The van der Waals surface area contributed by atoms with Crippen molar-refractivity contribution in [2.45, 2.75) is 111 Å². The Bertz CT molecular complexity index is 3270. The fourth-order valence-electron chi connectivity index (χ4n) is 8.92. The second-order valence-electron chi connectivity index (χ2n) is 17.7. The van der Waals surface area contributed by atoms with Crippen LogP contribution < -0.4 is 45.0 Å². The minimum atomic E-state index is -4.83. The van der Waals surface area contributed by atoms with Gasteiger partial charge in [-0.15, -0.1) is 6.42 Å². The van der Waals surface area contributed by atoms with Crippen molar-refractivity contribution in [1.29, 1.82) is 0 Å². The van der Waals surface area contributed by atoms with E-state index in [-0.39, 0.29) is 26.2 Å².